The second-order valence-corrected chi connectivity index (χ2v) is 7.94. The van der Waals surface area contributed by atoms with E-state index in [9.17, 15) is 9.59 Å². The van der Waals surface area contributed by atoms with E-state index in [0.29, 0.717) is 23.4 Å². The van der Waals surface area contributed by atoms with Gasteiger partial charge in [0.15, 0.2) is 0 Å². The molecule has 0 aliphatic carbocycles. The van der Waals surface area contributed by atoms with Gasteiger partial charge in [-0.15, -0.1) is 0 Å². The Morgan fingerprint density at radius 1 is 1.00 bits per heavy atom. The number of hydrogen-bond acceptors (Lipinski definition) is 3. The molecule has 0 N–H and O–H groups in total. The summed E-state index contributed by atoms with van der Waals surface area (Å²) in [4.78, 5) is 25.6. The maximum atomic E-state index is 12.9. The van der Waals surface area contributed by atoms with Crippen molar-refractivity contribution in [3.8, 4) is 11.5 Å². The Hall–Kier alpha value is -3.40. The SMILES string of the molecule is C=C/C=C(C(=O)N(C=O)c1ccc(Oc2ccc(C(C)(C)C)cc2)cc1)\C(C)=C/C. The van der Waals surface area contributed by atoms with Gasteiger partial charge < -0.3 is 4.74 Å². The minimum absolute atomic E-state index is 0.0786. The van der Waals surface area contributed by atoms with Crippen LogP contribution >= 0.6 is 0 Å². The molecule has 0 atom stereocenters. The van der Waals surface area contributed by atoms with Crippen LogP contribution in [0, 0.1) is 0 Å². The lowest BCUT2D eigenvalue weighted by molar-refractivity contribution is -0.119. The van der Waals surface area contributed by atoms with Crippen molar-refractivity contribution in [2.24, 2.45) is 0 Å². The topological polar surface area (TPSA) is 46.6 Å². The first-order chi connectivity index (χ1) is 14.2. The van der Waals surface area contributed by atoms with E-state index in [4.69, 9.17) is 4.74 Å². The molecule has 0 aromatic heterocycles. The number of benzene rings is 2. The molecule has 0 saturated carbocycles. The van der Waals surface area contributed by atoms with Crippen molar-refractivity contribution in [1.29, 1.82) is 0 Å². The molecule has 156 valence electrons. The summed E-state index contributed by atoms with van der Waals surface area (Å²) in [6, 6.07) is 14.8. The molecule has 2 rings (SSSR count). The first-order valence-electron chi connectivity index (χ1n) is 9.84. The zero-order valence-electron chi connectivity index (χ0n) is 18.3. The van der Waals surface area contributed by atoms with Crippen LogP contribution in [0.25, 0.3) is 0 Å². The van der Waals surface area contributed by atoms with Crippen LogP contribution in [0.1, 0.15) is 40.2 Å². The highest BCUT2D eigenvalue weighted by Crippen LogP contribution is 2.28. The first-order valence-corrected chi connectivity index (χ1v) is 9.84. The van der Waals surface area contributed by atoms with Gasteiger partial charge >= 0.3 is 0 Å². The Balaban J connectivity index is 2.20. The monoisotopic (exact) mass is 403 g/mol. The van der Waals surface area contributed by atoms with E-state index in [1.807, 2.05) is 44.2 Å². The summed E-state index contributed by atoms with van der Waals surface area (Å²) in [5.41, 5.74) is 2.95. The highest BCUT2D eigenvalue weighted by atomic mass is 16.5. The van der Waals surface area contributed by atoms with E-state index in [-0.39, 0.29) is 5.41 Å². The number of carbonyl (C=O) groups excluding carboxylic acids is 2. The highest BCUT2D eigenvalue weighted by Gasteiger charge is 2.20. The Morgan fingerprint density at radius 2 is 1.53 bits per heavy atom. The molecule has 0 aliphatic rings. The van der Waals surface area contributed by atoms with Gasteiger partial charge in [0.2, 0.25) is 6.41 Å². The molecular weight excluding hydrogens is 374 g/mol. The van der Waals surface area contributed by atoms with Crippen molar-refractivity contribution in [3.63, 3.8) is 0 Å². The Bertz CT molecular complexity index is 959. The number of ether oxygens (including phenoxy) is 1. The first kappa shape index (κ1) is 22.9. The number of carbonyl (C=O) groups is 2. The summed E-state index contributed by atoms with van der Waals surface area (Å²) >= 11 is 0. The number of anilines is 1. The van der Waals surface area contributed by atoms with Gasteiger partial charge in [0.05, 0.1) is 5.69 Å². The predicted molar refractivity (Wildman–Crippen MR) is 123 cm³/mol. The van der Waals surface area contributed by atoms with Gasteiger partial charge in [-0.05, 0) is 72.9 Å². The molecule has 2 aromatic carbocycles. The largest absolute Gasteiger partial charge is 0.457 e. The molecule has 0 fully saturated rings. The molecule has 0 heterocycles. The Kier molecular flexibility index (Phi) is 7.54. The third-order valence-corrected chi connectivity index (χ3v) is 4.77. The Morgan fingerprint density at radius 3 is 1.97 bits per heavy atom. The molecule has 4 heteroatoms. The lowest BCUT2D eigenvalue weighted by atomic mass is 9.87. The van der Waals surface area contributed by atoms with Gasteiger partial charge in [0.1, 0.15) is 11.5 Å². The van der Waals surface area contributed by atoms with Gasteiger partial charge in [-0.25, -0.2) is 4.90 Å². The average molecular weight is 404 g/mol. The van der Waals surface area contributed by atoms with Crippen molar-refractivity contribution in [2.45, 2.75) is 40.0 Å². The lowest BCUT2D eigenvalue weighted by Crippen LogP contribution is -2.31. The van der Waals surface area contributed by atoms with Gasteiger partial charge in [0.25, 0.3) is 5.91 Å². The molecule has 30 heavy (non-hydrogen) atoms. The minimum atomic E-state index is -0.410. The summed E-state index contributed by atoms with van der Waals surface area (Å²) in [5, 5.41) is 0. The zero-order valence-corrected chi connectivity index (χ0v) is 18.3. The molecule has 0 spiro atoms. The van der Waals surface area contributed by atoms with Crippen LogP contribution in [-0.2, 0) is 15.0 Å². The second-order valence-electron chi connectivity index (χ2n) is 7.94. The fraction of sp³-hybridized carbons (Fsp3) is 0.231. The number of nitrogens with zero attached hydrogens (tertiary/aromatic N) is 1. The van der Waals surface area contributed by atoms with E-state index in [1.165, 1.54) is 11.6 Å². The van der Waals surface area contributed by atoms with Crippen molar-refractivity contribution in [2.75, 3.05) is 4.90 Å². The molecule has 0 aliphatic heterocycles. The fourth-order valence-electron chi connectivity index (χ4n) is 2.83. The molecule has 2 aromatic rings. The van der Waals surface area contributed by atoms with Gasteiger partial charge in [-0.2, -0.15) is 0 Å². The highest BCUT2D eigenvalue weighted by molar-refractivity contribution is 6.17. The lowest BCUT2D eigenvalue weighted by Gasteiger charge is -2.19. The molecule has 0 radical (unpaired) electrons. The van der Waals surface area contributed by atoms with Crippen LogP contribution in [0.15, 0.2) is 84.5 Å². The maximum Gasteiger partial charge on any atom is 0.265 e. The normalized spacial score (nSPS) is 12.3. The van der Waals surface area contributed by atoms with Gasteiger partial charge in [-0.1, -0.05) is 51.6 Å². The maximum absolute atomic E-state index is 12.9. The zero-order chi connectivity index (χ0) is 22.3. The van der Waals surface area contributed by atoms with Crippen molar-refractivity contribution in [1.82, 2.24) is 0 Å². The van der Waals surface area contributed by atoms with Crippen LogP contribution in [0.4, 0.5) is 5.69 Å². The van der Waals surface area contributed by atoms with Gasteiger partial charge in [0, 0.05) is 5.57 Å². The van der Waals surface area contributed by atoms with Crippen LogP contribution in [0.3, 0.4) is 0 Å². The van der Waals surface area contributed by atoms with Gasteiger partial charge in [-0.3, -0.25) is 9.59 Å². The third-order valence-electron chi connectivity index (χ3n) is 4.77. The molecule has 0 unspecified atom stereocenters. The average Bonchev–Trinajstić information content (AvgIpc) is 2.73. The van der Waals surface area contributed by atoms with E-state index >= 15 is 0 Å². The molecule has 0 saturated heterocycles. The minimum Gasteiger partial charge on any atom is -0.457 e. The quantitative estimate of drug-likeness (QED) is 0.308. The standard InChI is InChI=1S/C26H29NO3/c1-7-9-24(19(3)8-2)25(29)27(18-28)21-12-16-23(17-13-21)30-22-14-10-20(11-15-22)26(4,5)6/h7-18H,1H2,2-6H3/b19-8-,24-9+. The van der Waals surface area contributed by atoms with E-state index in [1.54, 1.807) is 30.3 Å². The molecule has 4 nitrogen and oxygen atoms in total. The van der Waals surface area contributed by atoms with Crippen LogP contribution in [-0.4, -0.2) is 12.3 Å². The number of imide groups is 1. The van der Waals surface area contributed by atoms with Crippen LogP contribution in [0.5, 0.6) is 11.5 Å². The summed E-state index contributed by atoms with van der Waals surface area (Å²) in [7, 11) is 0. The van der Waals surface area contributed by atoms with E-state index < -0.39 is 5.91 Å². The summed E-state index contributed by atoms with van der Waals surface area (Å²) in [6.07, 6.45) is 5.47. The van der Waals surface area contributed by atoms with E-state index in [0.717, 1.165) is 16.2 Å². The number of amides is 2. The predicted octanol–water partition coefficient (Wildman–Crippen LogP) is 6.34. The molecule has 2 amide bonds. The van der Waals surface area contributed by atoms with Crippen LogP contribution in [0.2, 0.25) is 0 Å². The fourth-order valence-corrected chi connectivity index (χ4v) is 2.83. The number of rotatable bonds is 7. The summed E-state index contributed by atoms with van der Waals surface area (Å²) < 4.78 is 5.89. The smallest absolute Gasteiger partial charge is 0.265 e. The van der Waals surface area contributed by atoms with Crippen molar-refractivity contribution < 1.29 is 14.3 Å². The molecular formula is C26H29NO3. The molecule has 0 bridgehead atoms. The van der Waals surface area contributed by atoms with Crippen molar-refractivity contribution in [3.05, 3.63) is 90.0 Å². The number of allylic oxidation sites excluding steroid dienone is 3. The summed E-state index contributed by atoms with van der Waals surface area (Å²) in [6.45, 7) is 13.8. The number of hydrogen-bond donors (Lipinski definition) is 0. The summed E-state index contributed by atoms with van der Waals surface area (Å²) in [5.74, 6) is 0.929. The van der Waals surface area contributed by atoms with E-state index in [2.05, 4.69) is 27.4 Å². The third kappa shape index (κ3) is 5.57. The second kappa shape index (κ2) is 9.88. The van der Waals surface area contributed by atoms with Crippen molar-refractivity contribution >= 4 is 18.0 Å². The van der Waals surface area contributed by atoms with Crippen LogP contribution < -0.4 is 9.64 Å². The Labute approximate surface area is 179 Å².